The van der Waals surface area contributed by atoms with Gasteiger partial charge in [-0.1, -0.05) is 37.3 Å². The number of benzene rings is 1. The summed E-state index contributed by atoms with van der Waals surface area (Å²) < 4.78 is 0. The zero-order chi connectivity index (χ0) is 10.7. The van der Waals surface area contributed by atoms with Crippen molar-refractivity contribution >= 4 is 0 Å². The van der Waals surface area contributed by atoms with Crippen LogP contribution in [-0.2, 0) is 0 Å². The van der Waals surface area contributed by atoms with E-state index in [9.17, 15) is 5.11 Å². The second kappa shape index (κ2) is 4.33. The lowest BCUT2D eigenvalue weighted by Gasteiger charge is -2.14. The first kappa shape index (κ1) is 10.7. The van der Waals surface area contributed by atoms with Crippen molar-refractivity contribution in [2.75, 3.05) is 13.1 Å². The molecule has 1 atom stereocenters. The summed E-state index contributed by atoms with van der Waals surface area (Å²) >= 11 is 0. The summed E-state index contributed by atoms with van der Waals surface area (Å²) in [6.45, 7) is 3.96. The van der Waals surface area contributed by atoms with Crippen molar-refractivity contribution in [3.8, 4) is 0 Å². The molecule has 0 heterocycles. The van der Waals surface area contributed by atoms with Crippen LogP contribution in [0.1, 0.15) is 31.4 Å². The number of rotatable bonds is 5. The third kappa shape index (κ3) is 3.05. The van der Waals surface area contributed by atoms with Crippen LogP contribution < -0.4 is 5.32 Å². The Bertz CT molecular complexity index is 306. The molecule has 1 aromatic rings. The van der Waals surface area contributed by atoms with Gasteiger partial charge in [0.2, 0.25) is 0 Å². The molecule has 2 heteroatoms. The summed E-state index contributed by atoms with van der Waals surface area (Å²) in [5, 5.41) is 13.2. The SMILES string of the molecule is CC1(CNCC(O)c2ccccc2)CC1. The van der Waals surface area contributed by atoms with Gasteiger partial charge < -0.3 is 10.4 Å². The lowest BCUT2D eigenvalue weighted by Crippen LogP contribution is -2.26. The van der Waals surface area contributed by atoms with Crippen molar-refractivity contribution in [2.45, 2.75) is 25.9 Å². The zero-order valence-corrected chi connectivity index (χ0v) is 9.24. The van der Waals surface area contributed by atoms with Gasteiger partial charge in [0.1, 0.15) is 0 Å². The molecule has 1 aromatic carbocycles. The molecule has 0 amide bonds. The Morgan fingerprint density at radius 3 is 2.60 bits per heavy atom. The molecule has 0 spiro atoms. The van der Waals surface area contributed by atoms with Gasteiger partial charge >= 0.3 is 0 Å². The molecule has 2 nitrogen and oxygen atoms in total. The van der Waals surface area contributed by atoms with Gasteiger partial charge in [0.15, 0.2) is 0 Å². The van der Waals surface area contributed by atoms with Gasteiger partial charge in [-0.15, -0.1) is 0 Å². The normalized spacial score (nSPS) is 19.9. The van der Waals surface area contributed by atoms with E-state index in [-0.39, 0.29) is 6.10 Å². The molecule has 1 aliphatic carbocycles. The van der Waals surface area contributed by atoms with Crippen molar-refractivity contribution in [3.05, 3.63) is 35.9 Å². The fraction of sp³-hybridized carbons (Fsp3) is 0.538. The summed E-state index contributed by atoms with van der Waals surface area (Å²) in [7, 11) is 0. The predicted octanol–water partition coefficient (Wildman–Crippen LogP) is 2.11. The van der Waals surface area contributed by atoms with Crippen LogP contribution in [0.2, 0.25) is 0 Å². The monoisotopic (exact) mass is 205 g/mol. The molecule has 1 fully saturated rings. The van der Waals surface area contributed by atoms with E-state index < -0.39 is 0 Å². The molecule has 0 saturated heterocycles. The Kier molecular flexibility index (Phi) is 3.08. The topological polar surface area (TPSA) is 32.3 Å². The van der Waals surface area contributed by atoms with Crippen LogP contribution in [-0.4, -0.2) is 18.2 Å². The number of nitrogens with one attached hydrogen (secondary N) is 1. The van der Waals surface area contributed by atoms with Gasteiger partial charge in [0.25, 0.3) is 0 Å². The quantitative estimate of drug-likeness (QED) is 0.771. The molecule has 82 valence electrons. The molecule has 1 aliphatic rings. The minimum Gasteiger partial charge on any atom is -0.387 e. The molecule has 0 radical (unpaired) electrons. The van der Waals surface area contributed by atoms with Crippen molar-refractivity contribution in [1.82, 2.24) is 5.32 Å². The number of hydrogen-bond donors (Lipinski definition) is 2. The van der Waals surface area contributed by atoms with Crippen LogP contribution in [0.4, 0.5) is 0 Å². The smallest absolute Gasteiger partial charge is 0.0914 e. The molecule has 0 aromatic heterocycles. The van der Waals surface area contributed by atoms with Gasteiger partial charge in [-0.2, -0.15) is 0 Å². The summed E-state index contributed by atoms with van der Waals surface area (Å²) in [5.74, 6) is 0. The Hall–Kier alpha value is -0.860. The second-order valence-electron chi connectivity index (χ2n) is 4.87. The third-order valence-corrected chi connectivity index (χ3v) is 3.18. The standard InChI is InChI=1S/C13H19NO/c1-13(7-8-13)10-14-9-12(15)11-5-3-2-4-6-11/h2-6,12,14-15H,7-10H2,1H3. The second-order valence-corrected chi connectivity index (χ2v) is 4.87. The molecule has 15 heavy (non-hydrogen) atoms. The molecule has 1 saturated carbocycles. The highest BCUT2D eigenvalue weighted by molar-refractivity contribution is 5.17. The predicted molar refractivity (Wildman–Crippen MR) is 61.6 cm³/mol. The van der Waals surface area contributed by atoms with Gasteiger partial charge in [-0.25, -0.2) is 0 Å². The maximum absolute atomic E-state index is 9.88. The lowest BCUT2D eigenvalue weighted by molar-refractivity contribution is 0.172. The molecule has 1 unspecified atom stereocenters. The first-order valence-electron chi connectivity index (χ1n) is 5.63. The average Bonchev–Trinajstić information content (AvgIpc) is 2.98. The minimum absolute atomic E-state index is 0.381. The highest BCUT2D eigenvalue weighted by atomic mass is 16.3. The highest BCUT2D eigenvalue weighted by Gasteiger charge is 2.36. The van der Waals surface area contributed by atoms with E-state index in [1.807, 2.05) is 30.3 Å². The van der Waals surface area contributed by atoms with E-state index in [0.29, 0.717) is 12.0 Å². The van der Waals surface area contributed by atoms with E-state index in [1.54, 1.807) is 0 Å². The summed E-state index contributed by atoms with van der Waals surface area (Å²) in [5.41, 5.74) is 1.50. The maximum atomic E-state index is 9.88. The first-order chi connectivity index (χ1) is 7.20. The molecule has 0 aliphatic heterocycles. The van der Waals surface area contributed by atoms with Gasteiger partial charge in [-0.3, -0.25) is 0 Å². The maximum Gasteiger partial charge on any atom is 0.0914 e. The van der Waals surface area contributed by atoms with E-state index in [1.165, 1.54) is 12.8 Å². The first-order valence-corrected chi connectivity index (χ1v) is 5.63. The zero-order valence-electron chi connectivity index (χ0n) is 9.24. The van der Waals surface area contributed by atoms with Crippen LogP contribution in [0.15, 0.2) is 30.3 Å². The van der Waals surface area contributed by atoms with Crippen LogP contribution in [0.3, 0.4) is 0 Å². The Labute approximate surface area is 91.3 Å². The van der Waals surface area contributed by atoms with E-state index in [2.05, 4.69) is 12.2 Å². The van der Waals surface area contributed by atoms with Crippen molar-refractivity contribution in [3.63, 3.8) is 0 Å². The van der Waals surface area contributed by atoms with E-state index >= 15 is 0 Å². The van der Waals surface area contributed by atoms with Crippen molar-refractivity contribution < 1.29 is 5.11 Å². The molecular formula is C13H19NO. The molecule has 2 rings (SSSR count). The van der Waals surface area contributed by atoms with Gasteiger partial charge in [-0.05, 0) is 23.8 Å². The Balaban J connectivity index is 1.75. The van der Waals surface area contributed by atoms with Crippen LogP contribution in [0.5, 0.6) is 0 Å². The Morgan fingerprint density at radius 1 is 1.33 bits per heavy atom. The average molecular weight is 205 g/mol. The van der Waals surface area contributed by atoms with Crippen molar-refractivity contribution in [2.24, 2.45) is 5.41 Å². The number of aliphatic hydroxyl groups excluding tert-OH is 1. The fourth-order valence-corrected chi connectivity index (χ4v) is 1.69. The molecule has 2 N–H and O–H groups in total. The minimum atomic E-state index is -0.381. The largest absolute Gasteiger partial charge is 0.387 e. The summed E-state index contributed by atoms with van der Waals surface area (Å²) in [6.07, 6.45) is 2.26. The summed E-state index contributed by atoms with van der Waals surface area (Å²) in [6, 6.07) is 9.81. The van der Waals surface area contributed by atoms with Crippen LogP contribution >= 0.6 is 0 Å². The molecular weight excluding hydrogens is 186 g/mol. The van der Waals surface area contributed by atoms with E-state index in [4.69, 9.17) is 0 Å². The number of aliphatic hydroxyl groups is 1. The van der Waals surface area contributed by atoms with Crippen molar-refractivity contribution in [1.29, 1.82) is 0 Å². The fourth-order valence-electron chi connectivity index (χ4n) is 1.69. The van der Waals surface area contributed by atoms with Gasteiger partial charge in [0.05, 0.1) is 6.10 Å². The highest BCUT2D eigenvalue weighted by Crippen LogP contribution is 2.44. The van der Waals surface area contributed by atoms with Gasteiger partial charge in [0, 0.05) is 13.1 Å². The third-order valence-electron chi connectivity index (χ3n) is 3.18. The number of hydrogen-bond acceptors (Lipinski definition) is 2. The Morgan fingerprint density at radius 2 is 2.00 bits per heavy atom. The summed E-state index contributed by atoms with van der Waals surface area (Å²) in [4.78, 5) is 0. The molecule has 0 bridgehead atoms. The lowest BCUT2D eigenvalue weighted by atomic mass is 10.1. The van der Waals surface area contributed by atoms with Crippen LogP contribution in [0.25, 0.3) is 0 Å². The van der Waals surface area contributed by atoms with Crippen LogP contribution in [0, 0.1) is 5.41 Å². The van der Waals surface area contributed by atoms with E-state index in [0.717, 1.165) is 12.1 Å².